The molecule has 0 fully saturated rings. The second kappa shape index (κ2) is 7.56. The number of nitrogens with zero attached hydrogens (tertiary/aromatic N) is 1. The van der Waals surface area contributed by atoms with Gasteiger partial charge in [0.1, 0.15) is 0 Å². The molecule has 0 aliphatic rings. The van der Waals surface area contributed by atoms with Crippen LogP contribution in [0.15, 0.2) is 78.9 Å². The van der Waals surface area contributed by atoms with Gasteiger partial charge in [-0.25, -0.2) is 0 Å². The molecule has 0 saturated carbocycles. The molecule has 0 aliphatic carbocycles. The highest BCUT2D eigenvalue weighted by Crippen LogP contribution is 2.37. The van der Waals surface area contributed by atoms with Crippen molar-refractivity contribution < 1.29 is 4.43 Å². The summed E-state index contributed by atoms with van der Waals surface area (Å²) >= 11 is 0. The van der Waals surface area contributed by atoms with E-state index in [1.807, 2.05) is 25.1 Å². The van der Waals surface area contributed by atoms with Gasteiger partial charge in [0.05, 0.1) is 12.3 Å². The topological polar surface area (TPSA) is 22.1 Å². The summed E-state index contributed by atoms with van der Waals surface area (Å²) in [6.07, 6.45) is 0. The monoisotopic (exact) mass is 361 g/mol. The number of benzene rings is 2. The van der Waals surface area contributed by atoms with Crippen LogP contribution in [-0.2, 0) is 11.0 Å². The highest BCUT2D eigenvalue weighted by atomic mass is 28.4. The van der Waals surface area contributed by atoms with E-state index < -0.39 is 8.32 Å². The van der Waals surface area contributed by atoms with E-state index in [2.05, 4.69) is 86.4 Å². The first-order valence-electron chi connectivity index (χ1n) is 9.11. The predicted octanol–water partition coefficient (Wildman–Crippen LogP) is 4.47. The van der Waals surface area contributed by atoms with Crippen LogP contribution in [-0.4, -0.2) is 13.3 Å². The summed E-state index contributed by atoms with van der Waals surface area (Å²) in [5, 5.41) is 2.58. The first-order valence-corrected chi connectivity index (χ1v) is 11.0. The fraction of sp³-hybridized carbons (Fsp3) is 0.261. The molecule has 3 rings (SSSR count). The van der Waals surface area contributed by atoms with Gasteiger partial charge in [-0.3, -0.25) is 4.98 Å². The van der Waals surface area contributed by atoms with E-state index in [-0.39, 0.29) is 5.04 Å². The van der Waals surface area contributed by atoms with Gasteiger partial charge >= 0.3 is 0 Å². The zero-order valence-corrected chi connectivity index (χ0v) is 17.1. The SMILES string of the molecule is Cc1cccc(CO[Si](c2ccccc2)(c2ccccc2)C(C)(C)C)n1. The zero-order valence-electron chi connectivity index (χ0n) is 16.1. The van der Waals surface area contributed by atoms with Gasteiger partial charge in [-0.1, -0.05) is 87.5 Å². The van der Waals surface area contributed by atoms with Crippen molar-refractivity contribution in [2.75, 3.05) is 0 Å². The van der Waals surface area contributed by atoms with Gasteiger partial charge in [-0.15, -0.1) is 0 Å². The minimum atomic E-state index is -2.49. The Morgan fingerprint density at radius 1 is 0.769 bits per heavy atom. The number of aryl methyl sites for hydroxylation is 1. The predicted molar refractivity (Wildman–Crippen MR) is 111 cm³/mol. The summed E-state index contributed by atoms with van der Waals surface area (Å²) < 4.78 is 6.88. The molecule has 0 bridgehead atoms. The standard InChI is InChI=1S/C23H27NOSi/c1-19-12-11-13-20(24-19)18-25-26(23(2,3)4,21-14-7-5-8-15-21)22-16-9-6-10-17-22/h5-17H,18H2,1-4H3. The van der Waals surface area contributed by atoms with Crippen LogP contribution in [0.3, 0.4) is 0 Å². The molecule has 0 aliphatic heterocycles. The molecule has 2 nitrogen and oxygen atoms in total. The van der Waals surface area contributed by atoms with E-state index in [9.17, 15) is 0 Å². The molecule has 3 aromatic rings. The van der Waals surface area contributed by atoms with Crippen molar-refractivity contribution in [3.63, 3.8) is 0 Å². The largest absolute Gasteiger partial charge is 0.402 e. The van der Waals surface area contributed by atoms with Crippen LogP contribution in [0.25, 0.3) is 0 Å². The molecule has 3 heteroatoms. The lowest BCUT2D eigenvalue weighted by Gasteiger charge is -2.43. The Labute approximate surface area is 158 Å². The maximum absolute atomic E-state index is 6.88. The Hall–Kier alpha value is -2.23. The number of rotatable bonds is 5. The van der Waals surface area contributed by atoms with Crippen LogP contribution < -0.4 is 10.4 Å². The Morgan fingerprint density at radius 2 is 1.31 bits per heavy atom. The smallest absolute Gasteiger partial charge is 0.261 e. The van der Waals surface area contributed by atoms with Crippen molar-refractivity contribution >= 4 is 18.7 Å². The lowest BCUT2D eigenvalue weighted by Crippen LogP contribution is -2.66. The zero-order chi connectivity index (χ0) is 18.6. The highest BCUT2D eigenvalue weighted by molar-refractivity contribution is 6.99. The van der Waals surface area contributed by atoms with Crippen molar-refractivity contribution in [3.8, 4) is 0 Å². The maximum Gasteiger partial charge on any atom is 0.261 e. The minimum absolute atomic E-state index is 0.0144. The minimum Gasteiger partial charge on any atom is -0.402 e. The second-order valence-corrected chi connectivity index (χ2v) is 12.0. The van der Waals surface area contributed by atoms with Crippen LogP contribution in [0.1, 0.15) is 32.2 Å². The molecule has 0 saturated heterocycles. The van der Waals surface area contributed by atoms with Crippen LogP contribution >= 0.6 is 0 Å². The number of aromatic nitrogens is 1. The summed E-state index contributed by atoms with van der Waals surface area (Å²) in [6, 6.07) is 27.6. The van der Waals surface area contributed by atoms with E-state index in [0.717, 1.165) is 11.4 Å². The molecular weight excluding hydrogens is 334 g/mol. The summed E-state index contributed by atoms with van der Waals surface area (Å²) in [5.41, 5.74) is 2.01. The Bertz CT molecular complexity index is 801. The molecule has 1 aromatic heterocycles. The fourth-order valence-corrected chi connectivity index (χ4v) is 8.14. The third-order valence-corrected chi connectivity index (χ3v) is 9.78. The van der Waals surface area contributed by atoms with Crippen LogP contribution in [0.2, 0.25) is 5.04 Å². The van der Waals surface area contributed by atoms with E-state index in [1.165, 1.54) is 10.4 Å². The van der Waals surface area contributed by atoms with Gasteiger partial charge in [-0.05, 0) is 34.5 Å². The summed E-state index contributed by atoms with van der Waals surface area (Å²) in [6.45, 7) is 9.43. The van der Waals surface area contributed by atoms with E-state index in [0.29, 0.717) is 6.61 Å². The molecular formula is C23H27NOSi. The highest BCUT2D eigenvalue weighted by Gasteiger charge is 2.50. The third-order valence-electron chi connectivity index (χ3n) is 4.80. The molecule has 2 aromatic carbocycles. The van der Waals surface area contributed by atoms with E-state index >= 15 is 0 Å². The first-order chi connectivity index (χ1) is 12.4. The summed E-state index contributed by atoms with van der Waals surface area (Å²) in [4.78, 5) is 4.64. The second-order valence-electron chi connectivity index (χ2n) is 7.72. The van der Waals surface area contributed by atoms with Gasteiger partial charge in [0.25, 0.3) is 8.32 Å². The average molecular weight is 362 g/mol. The number of pyridine rings is 1. The van der Waals surface area contributed by atoms with Crippen LogP contribution in [0, 0.1) is 6.92 Å². The van der Waals surface area contributed by atoms with Gasteiger partial charge in [0.15, 0.2) is 0 Å². The normalized spacial score (nSPS) is 12.2. The van der Waals surface area contributed by atoms with Crippen LogP contribution in [0.5, 0.6) is 0 Å². The fourth-order valence-electron chi connectivity index (χ4n) is 3.62. The molecule has 0 amide bonds. The first kappa shape index (κ1) is 18.6. The summed E-state index contributed by atoms with van der Waals surface area (Å²) in [5.74, 6) is 0. The lowest BCUT2D eigenvalue weighted by molar-refractivity contribution is 0.281. The molecule has 0 N–H and O–H groups in total. The number of hydrogen-bond acceptors (Lipinski definition) is 2. The van der Waals surface area contributed by atoms with Crippen molar-refractivity contribution in [1.82, 2.24) is 4.98 Å². The van der Waals surface area contributed by atoms with E-state index in [4.69, 9.17) is 4.43 Å². The molecule has 134 valence electrons. The average Bonchev–Trinajstić information content (AvgIpc) is 2.63. The van der Waals surface area contributed by atoms with Crippen molar-refractivity contribution in [2.45, 2.75) is 39.3 Å². The Morgan fingerprint density at radius 3 is 1.77 bits per heavy atom. The molecule has 0 atom stereocenters. The van der Waals surface area contributed by atoms with E-state index in [1.54, 1.807) is 0 Å². The van der Waals surface area contributed by atoms with Gasteiger partial charge < -0.3 is 4.43 Å². The van der Waals surface area contributed by atoms with Crippen molar-refractivity contribution in [2.24, 2.45) is 0 Å². The van der Waals surface area contributed by atoms with Crippen molar-refractivity contribution in [1.29, 1.82) is 0 Å². The van der Waals surface area contributed by atoms with Crippen molar-refractivity contribution in [3.05, 3.63) is 90.3 Å². The molecule has 0 unspecified atom stereocenters. The Kier molecular flexibility index (Phi) is 5.40. The molecule has 1 heterocycles. The quantitative estimate of drug-likeness (QED) is 0.626. The summed E-state index contributed by atoms with van der Waals surface area (Å²) in [7, 11) is -2.49. The maximum atomic E-state index is 6.88. The van der Waals surface area contributed by atoms with Gasteiger partial charge in [0.2, 0.25) is 0 Å². The molecule has 26 heavy (non-hydrogen) atoms. The van der Waals surface area contributed by atoms with Gasteiger partial charge in [0, 0.05) is 5.69 Å². The lowest BCUT2D eigenvalue weighted by atomic mass is 10.2. The Balaban J connectivity index is 2.11. The third kappa shape index (κ3) is 3.64. The van der Waals surface area contributed by atoms with Gasteiger partial charge in [-0.2, -0.15) is 0 Å². The molecule has 0 spiro atoms. The number of hydrogen-bond donors (Lipinski definition) is 0. The molecule has 0 radical (unpaired) electrons. The van der Waals surface area contributed by atoms with Crippen LogP contribution in [0.4, 0.5) is 0 Å².